The molecule has 0 amide bonds. The van der Waals surface area contributed by atoms with Crippen molar-refractivity contribution in [3.8, 4) is 0 Å². The average molecular weight is 240 g/mol. The lowest BCUT2D eigenvalue weighted by Gasteiger charge is -2.12. The van der Waals surface area contributed by atoms with Crippen LogP contribution in [0.3, 0.4) is 0 Å². The SMILES string of the molecule is CCc1cc(Cl)c(F)c(C2(N=C=O)CC2)c1. The highest BCUT2D eigenvalue weighted by Gasteiger charge is 2.47. The molecule has 2 nitrogen and oxygen atoms in total. The van der Waals surface area contributed by atoms with Gasteiger partial charge in [-0.1, -0.05) is 24.6 Å². The molecule has 2 rings (SSSR count). The molecule has 0 saturated heterocycles. The summed E-state index contributed by atoms with van der Waals surface area (Å²) >= 11 is 5.82. The number of aliphatic imine (C=N–C) groups is 1. The van der Waals surface area contributed by atoms with Crippen LogP contribution in [0.2, 0.25) is 5.02 Å². The van der Waals surface area contributed by atoms with Crippen LogP contribution in [0.5, 0.6) is 0 Å². The zero-order valence-corrected chi connectivity index (χ0v) is 9.64. The third-order valence-electron chi connectivity index (χ3n) is 2.98. The minimum absolute atomic E-state index is 0.0988. The van der Waals surface area contributed by atoms with E-state index >= 15 is 0 Å². The molecule has 4 heteroatoms. The van der Waals surface area contributed by atoms with Gasteiger partial charge >= 0.3 is 0 Å². The first-order valence-corrected chi connectivity index (χ1v) is 5.58. The Morgan fingerprint density at radius 1 is 1.56 bits per heavy atom. The highest BCUT2D eigenvalue weighted by molar-refractivity contribution is 6.30. The molecule has 0 spiro atoms. The predicted octanol–water partition coefficient (Wildman–Crippen LogP) is 3.37. The van der Waals surface area contributed by atoms with Crippen molar-refractivity contribution in [1.29, 1.82) is 0 Å². The van der Waals surface area contributed by atoms with Gasteiger partial charge in [0.25, 0.3) is 0 Å². The van der Waals surface area contributed by atoms with E-state index in [1.54, 1.807) is 12.1 Å². The van der Waals surface area contributed by atoms with Crippen molar-refractivity contribution >= 4 is 17.7 Å². The first-order chi connectivity index (χ1) is 7.63. The van der Waals surface area contributed by atoms with E-state index in [9.17, 15) is 9.18 Å². The Bertz CT molecular complexity index is 476. The molecule has 16 heavy (non-hydrogen) atoms. The second kappa shape index (κ2) is 4.00. The molecule has 1 aliphatic rings. The molecule has 0 bridgehead atoms. The Morgan fingerprint density at radius 2 is 2.25 bits per heavy atom. The van der Waals surface area contributed by atoms with Crippen LogP contribution < -0.4 is 0 Å². The summed E-state index contributed by atoms with van der Waals surface area (Å²) in [5.41, 5.74) is 0.690. The third-order valence-corrected chi connectivity index (χ3v) is 3.26. The fourth-order valence-corrected chi connectivity index (χ4v) is 2.08. The smallest absolute Gasteiger partial charge is 0.211 e. The highest BCUT2D eigenvalue weighted by Crippen LogP contribution is 2.51. The van der Waals surface area contributed by atoms with Crippen molar-refractivity contribution in [2.75, 3.05) is 0 Å². The Balaban J connectivity index is 2.55. The monoisotopic (exact) mass is 239 g/mol. The minimum Gasteiger partial charge on any atom is -0.211 e. The predicted molar refractivity (Wildman–Crippen MR) is 59.8 cm³/mol. The van der Waals surface area contributed by atoms with E-state index in [2.05, 4.69) is 4.99 Å². The Morgan fingerprint density at radius 3 is 2.75 bits per heavy atom. The number of hydrogen-bond donors (Lipinski definition) is 0. The topological polar surface area (TPSA) is 29.4 Å². The maximum atomic E-state index is 13.9. The molecular formula is C12H11ClFNO. The summed E-state index contributed by atoms with van der Waals surface area (Å²) in [5.74, 6) is -0.463. The van der Waals surface area contributed by atoms with Crippen LogP contribution >= 0.6 is 11.6 Å². The summed E-state index contributed by atoms with van der Waals surface area (Å²) in [6.07, 6.45) is 3.66. The number of isocyanates is 1. The number of hydrogen-bond acceptors (Lipinski definition) is 2. The van der Waals surface area contributed by atoms with Gasteiger partial charge in [0.1, 0.15) is 11.4 Å². The molecule has 0 atom stereocenters. The van der Waals surface area contributed by atoms with Crippen LogP contribution in [0.4, 0.5) is 4.39 Å². The van der Waals surface area contributed by atoms with Crippen LogP contribution in [0.25, 0.3) is 0 Å². The molecule has 1 fully saturated rings. The maximum Gasteiger partial charge on any atom is 0.235 e. The number of halogens is 2. The first-order valence-electron chi connectivity index (χ1n) is 5.20. The van der Waals surface area contributed by atoms with Crippen molar-refractivity contribution in [2.24, 2.45) is 4.99 Å². The fraction of sp³-hybridized carbons (Fsp3) is 0.417. The molecule has 1 aromatic rings. The van der Waals surface area contributed by atoms with Crippen LogP contribution in [0, 0.1) is 5.82 Å². The van der Waals surface area contributed by atoms with Gasteiger partial charge < -0.3 is 0 Å². The van der Waals surface area contributed by atoms with Crippen molar-refractivity contribution in [1.82, 2.24) is 0 Å². The van der Waals surface area contributed by atoms with Crippen molar-refractivity contribution < 1.29 is 9.18 Å². The maximum absolute atomic E-state index is 13.9. The van der Waals surface area contributed by atoms with Gasteiger partial charge in [0.2, 0.25) is 6.08 Å². The number of rotatable bonds is 3. The summed E-state index contributed by atoms with van der Waals surface area (Å²) < 4.78 is 13.9. The van der Waals surface area contributed by atoms with Gasteiger partial charge in [-0.3, -0.25) is 0 Å². The summed E-state index contributed by atoms with van der Waals surface area (Å²) in [6.45, 7) is 1.97. The molecule has 1 saturated carbocycles. The number of aryl methyl sites for hydroxylation is 1. The van der Waals surface area contributed by atoms with E-state index in [-0.39, 0.29) is 5.02 Å². The van der Waals surface area contributed by atoms with Gasteiger partial charge in [-0.25, -0.2) is 9.18 Å². The molecule has 0 unspecified atom stereocenters. The minimum atomic E-state index is -0.694. The molecular weight excluding hydrogens is 229 g/mol. The van der Waals surface area contributed by atoms with Crippen LogP contribution in [0.15, 0.2) is 17.1 Å². The lowest BCUT2D eigenvalue weighted by molar-refractivity contribution is 0.547. The largest absolute Gasteiger partial charge is 0.235 e. The standard InChI is InChI=1S/C12H11ClFNO/c1-2-8-5-9(11(14)10(13)6-8)12(3-4-12)15-7-16/h5-6H,2-4H2,1H3. The van der Waals surface area contributed by atoms with E-state index in [1.807, 2.05) is 6.92 Å². The Kier molecular flexibility index (Phi) is 2.83. The van der Waals surface area contributed by atoms with E-state index in [1.165, 1.54) is 6.08 Å². The van der Waals surface area contributed by atoms with Crippen molar-refractivity contribution in [2.45, 2.75) is 31.7 Å². The van der Waals surface area contributed by atoms with Gasteiger partial charge in [0.15, 0.2) is 0 Å². The average Bonchev–Trinajstić information content (AvgIpc) is 3.03. The van der Waals surface area contributed by atoms with Gasteiger partial charge in [0, 0.05) is 5.56 Å². The van der Waals surface area contributed by atoms with Crippen molar-refractivity contribution in [3.63, 3.8) is 0 Å². The first kappa shape index (κ1) is 11.3. The van der Waals surface area contributed by atoms with E-state index in [4.69, 9.17) is 11.6 Å². The van der Waals surface area contributed by atoms with Crippen LogP contribution in [-0.4, -0.2) is 6.08 Å². The van der Waals surface area contributed by atoms with Gasteiger partial charge in [-0.15, -0.1) is 0 Å². The van der Waals surface area contributed by atoms with Gasteiger partial charge in [0.05, 0.1) is 5.02 Å². The normalized spacial score (nSPS) is 16.7. The Labute approximate surface area is 98.1 Å². The summed E-state index contributed by atoms with van der Waals surface area (Å²) in [6, 6.07) is 3.36. The number of benzene rings is 1. The van der Waals surface area contributed by atoms with Gasteiger partial charge in [-0.2, -0.15) is 4.99 Å². The van der Waals surface area contributed by atoms with E-state index in [0.29, 0.717) is 18.4 Å². The lowest BCUT2D eigenvalue weighted by atomic mass is 10.0. The molecule has 1 aromatic carbocycles. The summed E-state index contributed by atoms with van der Waals surface area (Å²) in [4.78, 5) is 14.0. The van der Waals surface area contributed by atoms with E-state index in [0.717, 1.165) is 12.0 Å². The molecule has 0 aliphatic heterocycles. The molecule has 0 aromatic heterocycles. The summed E-state index contributed by atoms with van der Waals surface area (Å²) in [7, 11) is 0. The lowest BCUT2D eigenvalue weighted by Crippen LogP contribution is -2.07. The van der Waals surface area contributed by atoms with Crippen molar-refractivity contribution in [3.05, 3.63) is 34.1 Å². The molecule has 0 radical (unpaired) electrons. The zero-order valence-electron chi connectivity index (χ0n) is 8.89. The number of carbonyl (C=O) groups excluding carboxylic acids is 1. The highest BCUT2D eigenvalue weighted by atomic mass is 35.5. The third kappa shape index (κ3) is 1.77. The van der Waals surface area contributed by atoms with Crippen LogP contribution in [0.1, 0.15) is 30.9 Å². The molecule has 84 valence electrons. The van der Waals surface area contributed by atoms with E-state index < -0.39 is 11.4 Å². The molecule has 0 heterocycles. The number of nitrogens with zero attached hydrogens (tertiary/aromatic N) is 1. The second-order valence-corrected chi connectivity index (χ2v) is 4.43. The second-order valence-electron chi connectivity index (χ2n) is 4.03. The molecule has 1 aliphatic carbocycles. The zero-order chi connectivity index (χ0) is 11.8. The summed E-state index contributed by atoms with van der Waals surface area (Å²) in [5, 5.41) is 0.0988. The fourth-order valence-electron chi connectivity index (χ4n) is 1.84. The quantitative estimate of drug-likeness (QED) is 0.587. The Hall–Kier alpha value is -1.18. The molecule has 0 N–H and O–H groups in total. The van der Waals surface area contributed by atoms with Crippen LogP contribution in [-0.2, 0) is 16.8 Å². The van der Waals surface area contributed by atoms with Gasteiger partial charge in [-0.05, 0) is 30.9 Å².